The van der Waals surface area contributed by atoms with E-state index >= 15 is 0 Å². The number of hydrogen-bond donors (Lipinski definition) is 3. The van der Waals surface area contributed by atoms with Crippen molar-refractivity contribution in [2.75, 3.05) is 18.4 Å². The lowest BCUT2D eigenvalue weighted by Crippen LogP contribution is -2.36. The number of aryl methyl sites for hydroxylation is 1. The van der Waals surface area contributed by atoms with Crippen LogP contribution in [0.25, 0.3) is 0 Å². The lowest BCUT2D eigenvalue weighted by atomic mass is 10.2. The molecule has 1 amide bonds. The van der Waals surface area contributed by atoms with Crippen LogP contribution in [0.3, 0.4) is 0 Å². The molecule has 0 radical (unpaired) electrons. The summed E-state index contributed by atoms with van der Waals surface area (Å²) in [5.41, 5.74) is 1.14. The van der Waals surface area contributed by atoms with Gasteiger partial charge in [-0.1, -0.05) is 0 Å². The Kier molecular flexibility index (Phi) is 5.03. The summed E-state index contributed by atoms with van der Waals surface area (Å²) >= 11 is 3.30. The highest BCUT2D eigenvalue weighted by Gasteiger charge is 2.24. The number of carbonyl (C=O) groups excluding carboxylic acids is 1. The highest BCUT2D eigenvalue weighted by Crippen LogP contribution is 2.29. The average Bonchev–Trinajstić information content (AvgIpc) is 2.84. The Bertz CT molecular complexity index is 655. The van der Waals surface area contributed by atoms with Gasteiger partial charge in [0.15, 0.2) is 0 Å². The first kappa shape index (κ1) is 16.4. The zero-order valence-electron chi connectivity index (χ0n) is 11.9. The molecule has 6 nitrogen and oxygen atoms in total. The highest BCUT2D eigenvalue weighted by atomic mass is 79.9. The van der Waals surface area contributed by atoms with Gasteiger partial charge in [0.05, 0.1) is 10.6 Å². The topological polar surface area (TPSA) is 87.3 Å². The van der Waals surface area contributed by atoms with Crippen molar-refractivity contribution in [2.45, 2.75) is 31.2 Å². The predicted octanol–water partition coefficient (Wildman–Crippen LogP) is 1.36. The average molecular weight is 376 g/mol. The summed E-state index contributed by atoms with van der Waals surface area (Å²) in [6.45, 7) is 4.57. The van der Waals surface area contributed by atoms with Crippen LogP contribution in [0.2, 0.25) is 0 Å². The van der Waals surface area contributed by atoms with E-state index in [1.807, 2.05) is 0 Å². The minimum atomic E-state index is -3.57. The van der Waals surface area contributed by atoms with E-state index < -0.39 is 10.0 Å². The second-order valence-electron chi connectivity index (χ2n) is 5.09. The van der Waals surface area contributed by atoms with Crippen LogP contribution in [0.1, 0.15) is 18.9 Å². The first-order chi connectivity index (χ1) is 9.79. The molecule has 1 heterocycles. The van der Waals surface area contributed by atoms with E-state index in [-0.39, 0.29) is 16.8 Å². The number of halogens is 1. The van der Waals surface area contributed by atoms with E-state index in [4.69, 9.17) is 0 Å². The summed E-state index contributed by atoms with van der Waals surface area (Å²) in [4.78, 5) is 11.3. The Morgan fingerprint density at radius 3 is 2.71 bits per heavy atom. The van der Waals surface area contributed by atoms with E-state index in [0.717, 1.165) is 13.0 Å². The Balaban J connectivity index is 2.30. The Hall–Kier alpha value is -0.960. The van der Waals surface area contributed by atoms with E-state index in [2.05, 4.69) is 31.3 Å². The molecule has 1 unspecified atom stereocenters. The number of carbonyl (C=O) groups is 1. The third-order valence-electron chi connectivity index (χ3n) is 3.25. The summed E-state index contributed by atoms with van der Waals surface area (Å²) in [6.07, 6.45) is 0.781. The van der Waals surface area contributed by atoms with E-state index in [1.165, 1.54) is 13.0 Å². The molecular formula is C13H18BrN3O3S. The van der Waals surface area contributed by atoms with E-state index in [9.17, 15) is 13.2 Å². The standard InChI is InChI=1S/C13H18BrN3O3S/c1-8-5-12(16-9(2)18)11(14)6-13(8)21(19,20)17-10-3-4-15-7-10/h5-6,10,15,17H,3-4,7H2,1-2H3,(H,16,18). The predicted molar refractivity (Wildman–Crippen MR) is 84.8 cm³/mol. The minimum Gasteiger partial charge on any atom is -0.325 e. The molecule has 1 aromatic rings. The summed E-state index contributed by atoms with van der Waals surface area (Å²) in [5.74, 6) is -0.208. The molecule has 0 aromatic heterocycles. The maximum Gasteiger partial charge on any atom is 0.241 e. The third kappa shape index (κ3) is 4.03. The Morgan fingerprint density at radius 1 is 1.43 bits per heavy atom. The molecule has 0 saturated carbocycles. The molecule has 0 aliphatic carbocycles. The van der Waals surface area contributed by atoms with Crippen LogP contribution in [0.15, 0.2) is 21.5 Å². The fourth-order valence-electron chi connectivity index (χ4n) is 2.28. The fraction of sp³-hybridized carbons (Fsp3) is 0.462. The zero-order chi connectivity index (χ0) is 15.6. The number of anilines is 1. The maximum absolute atomic E-state index is 12.4. The van der Waals surface area contributed by atoms with Gasteiger partial charge in [0, 0.05) is 24.0 Å². The largest absolute Gasteiger partial charge is 0.325 e. The van der Waals surface area contributed by atoms with Crippen molar-refractivity contribution in [1.82, 2.24) is 10.0 Å². The molecule has 1 fully saturated rings. The van der Waals surface area contributed by atoms with Crippen LogP contribution in [0, 0.1) is 6.92 Å². The number of sulfonamides is 1. The number of benzene rings is 1. The Morgan fingerprint density at radius 2 is 2.14 bits per heavy atom. The quantitative estimate of drug-likeness (QED) is 0.741. The smallest absolute Gasteiger partial charge is 0.241 e. The molecule has 1 aliphatic heterocycles. The van der Waals surface area contributed by atoms with Crippen LogP contribution in [0.4, 0.5) is 5.69 Å². The van der Waals surface area contributed by atoms with Crippen molar-refractivity contribution in [3.05, 3.63) is 22.2 Å². The lowest BCUT2D eigenvalue weighted by Gasteiger charge is -2.15. The van der Waals surface area contributed by atoms with Crippen molar-refractivity contribution in [3.8, 4) is 0 Å². The molecule has 0 spiro atoms. The van der Waals surface area contributed by atoms with Gasteiger partial charge in [0.2, 0.25) is 15.9 Å². The van der Waals surface area contributed by atoms with Crippen molar-refractivity contribution in [3.63, 3.8) is 0 Å². The van der Waals surface area contributed by atoms with Gasteiger partial charge in [0.1, 0.15) is 0 Å². The van der Waals surface area contributed by atoms with Crippen LogP contribution in [0.5, 0.6) is 0 Å². The van der Waals surface area contributed by atoms with Gasteiger partial charge in [-0.15, -0.1) is 0 Å². The normalized spacial score (nSPS) is 18.7. The molecule has 1 atom stereocenters. The molecule has 0 bridgehead atoms. The van der Waals surface area contributed by atoms with Crippen LogP contribution >= 0.6 is 15.9 Å². The number of nitrogens with one attached hydrogen (secondary N) is 3. The summed E-state index contributed by atoms with van der Waals surface area (Å²) < 4.78 is 28.1. The number of amides is 1. The third-order valence-corrected chi connectivity index (χ3v) is 5.57. The van der Waals surface area contributed by atoms with E-state index in [0.29, 0.717) is 22.3 Å². The zero-order valence-corrected chi connectivity index (χ0v) is 14.3. The Labute approximate surface area is 132 Å². The summed E-state index contributed by atoms with van der Waals surface area (Å²) in [6, 6.07) is 3.08. The van der Waals surface area contributed by atoms with Gasteiger partial charge in [-0.2, -0.15) is 0 Å². The molecule has 3 N–H and O–H groups in total. The molecule has 8 heteroatoms. The highest BCUT2D eigenvalue weighted by molar-refractivity contribution is 9.10. The van der Waals surface area contributed by atoms with Crippen molar-refractivity contribution in [1.29, 1.82) is 0 Å². The van der Waals surface area contributed by atoms with Crippen LogP contribution < -0.4 is 15.4 Å². The second kappa shape index (κ2) is 6.43. The van der Waals surface area contributed by atoms with Gasteiger partial charge in [-0.05, 0) is 53.5 Å². The summed E-state index contributed by atoms with van der Waals surface area (Å²) in [7, 11) is -3.57. The van der Waals surface area contributed by atoms with Crippen LogP contribution in [-0.4, -0.2) is 33.5 Å². The van der Waals surface area contributed by atoms with Crippen molar-refractivity contribution < 1.29 is 13.2 Å². The lowest BCUT2D eigenvalue weighted by molar-refractivity contribution is -0.114. The van der Waals surface area contributed by atoms with Gasteiger partial charge in [0.25, 0.3) is 0 Å². The monoisotopic (exact) mass is 375 g/mol. The molecule has 2 rings (SSSR count). The number of rotatable bonds is 4. The SMILES string of the molecule is CC(=O)Nc1cc(C)c(S(=O)(=O)NC2CCNC2)cc1Br. The van der Waals surface area contributed by atoms with E-state index in [1.54, 1.807) is 13.0 Å². The van der Waals surface area contributed by atoms with Gasteiger partial charge >= 0.3 is 0 Å². The van der Waals surface area contributed by atoms with Gasteiger partial charge < -0.3 is 10.6 Å². The minimum absolute atomic E-state index is 0.0804. The molecular weight excluding hydrogens is 358 g/mol. The van der Waals surface area contributed by atoms with Crippen molar-refractivity contribution in [2.24, 2.45) is 0 Å². The fourth-order valence-corrected chi connectivity index (χ4v) is 4.39. The molecule has 1 aliphatic rings. The van der Waals surface area contributed by atoms with Gasteiger partial charge in [-0.25, -0.2) is 13.1 Å². The van der Waals surface area contributed by atoms with Gasteiger partial charge in [-0.3, -0.25) is 4.79 Å². The first-order valence-electron chi connectivity index (χ1n) is 6.60. The summed E-state index contributed by atoms with van der Waals surface area (Å²) in [5, 5.41) is 5.77. The molecule has 116 valence electrons. The molecule has 1 saturated heterocycles. The first-order valence-corrected chi connectivity index (χ1v) is 8.88. The van der Waals surface area contributed by atoms with Crippen molar-refractivity contribution >= 4 is 37.5 Å². The molecule has 1 aromatic carbocycles. The second-order valence-corrected chi connectivity index (χ2v) is 7.63. The number of hydrogen-bond acceptors (Lipinski definition) is 4. The van der Waals surface area contributed by atoms with Crippen LogP contribution in [-0.2, 0) is 14.8 Å². The maximum atomic E-state index is 12.4. The molecule has 21 heavy (non-hydrogen) atoms.